The molecule has 0 N–H and O–H groups in total. The van der Waals surface area contributed by atoms with Gasteiger partial charge in [0, 0.05) is 16.0 Å². The van der Waals surface area contributed by atoms with Crippen LogP contribution in [-0.2, 0) is 9.53 Å². The number of hydrogen-bond acceptors (Lipinski definition) is 3. The first kappa shape index (κ1) is 12.3. The summed E-state index contributed by atoms with van der Waals surface area (Å²) in [5.41, 5.74) is 2.19. The number of rotatable bonds is 1. The molecule has 0 bridgehead atoms. The lowest BCUT2D eigenvalue weighted by Crippen LogP contribution is -2.20. The van der Waals surface area contributed by atoms with Crippen molar-refractivity contribution in [2.24, 2.45) is 5.92 Å². The topological polar surface area (TPSA) is 26.3 Å². The van der Waals surface area contributed by atoms with Crippen LogP contribution in [0.3, 0.4) is 0 Å². The monoisotopic (exact) mass is 284 g/mol. The van der Waals surface area contributed by atoms with Crippen LogP contribution in [0.2, 0.25) is 0 Å². The molecule has 0 radical (unpaired) electrons. The molecule has 1 aromatic heterocycles. The first-order valence-electron chi connectivity index (χ1n) is 7.05. The molecule has 4 rings (SSSR count). The smallest absolute Gasteiger partial charge is 0.159 e. The minimum absolute atomic E-state index is 0.153. The Morgan fingerprint density at radius 2 is 2.15 bits per heavy atom. The summed E-state index contributed by atoms with van der Waals surface area (Å²) >= 11 is 1.81. The second kappa shape index (κ2) is 4.54. The maximum absolute atomic E-state index is 11.8. The van der Waals surface area contributed by atoms with Crippen LogP contribution < -0.4 is 0 Å². The fourth-order valence-electron chi connectivity index (χ4n) is 3.31. The molecule has 2 nitrogen and oxygen atoms in total. The van der Waals surface area contributed by atoms with Crippen molar-refractivity contribution in [3.63, 3.8) is 0 Å². The second-order valence-corrected chi connectivity index (χ2v) is 6.81. The van der Waals surface area contributed by atoms with E-state index in [4.69, 9.17) is 4.74 Å². The number of Topliss-reactive ketones (excluding diaryl/α,β-unsaturated/α-hetero) is 1. The van der Waals surface area contributed by atoms with E-state index in [0.717, 1.165) is 12.0 Å². The quantitative estimate of drug-likeness (QED) is 0.781. The van der Waals surface area contributed by atoms with Gasteiger partial charge >= 0.3 is 0 Å². The van der Waals surface area contributed by atoms with E-state index in [2.05, 4.69) is 30.3 Å². The van der Waals surface area contributed by atoms with Gasteiger partial charge in [-0.05, 0) is 47.9 Å². The van der Waals surface area contributed by atoms with Crippen molar-refractivity contribution in [1.82, 2.24) is 0 Å². The van der Waals surface area contributed by atoms with Crippen LogP contribution in [0.25, 0.3) is 10.1 Å². The molecule has 0 spiro atoms. The Morgan fingerprint density at radius 1 is 1.30 bits per heavy atom. The maximum Gasteiger partial charge on any atom is 0.159 e. The fraction of sp³-hybridized carbons (Fsp3) is 0.353. The molecule has 20 heavy (non-hydrogen) atoms. The lowest BCUT2D eigenvalue weighted by Gasteiger charge is -2.28. The number of benzene rings is 1. The molecule has 0 amide bonds. The zero-order valence-corrected chi connectivity index (χ0v) is 12.2. The van der Waals surface area contributed by atoms with E-state index in [-0.39, 0.29) is 6.10 Å². The van der Waals surface area contributed by atoms with E-state index >= 15 is 0 Å². The Morgan fingerprint density at radius 3 is 3.00 bits per heavy atom. The highest BCUT2D eigenvalue weighted by Gasteiger charge is 2.36. The lowest BCUT2D eigenvalue weighted by atomic mass is 9.91. The summed E-state index contributed by atoms with van der Waals surface area (Å²) in [6, 6.07) is 10.7. The number of fused-ring (bicyclic) bond motifs is 2. The van der Waals surface area contributed by atoms with Crippen LogP contribution in [0.5, 0.6) is 0 Å². The van der Waals surface area contributed by atoms with Crippen LogP contribution in [-0.4, -0.2) is 12.4 Å². The maximum atomic E-state index is 11.8. The average molecular weight is 284 g/mol. The van der Waals surface area contributed by atoms with Crippen molar-refractivity contribution >= 4 is 27.2 Å². The highest BCUT2D eigenvalue weighted by molar-refractivity contribution is 7.19. The Kier molecular flexibility index (Phi) is 2.79. The Hall–Kier alpha value is -1.45. The number of carbonyl (C=O) groups excluding carboxylic acids is 1. The van der Waals surface area contributed by atoms with Gasteiger partial charge in [0.2, 0.25) is 0 Å². The standard InChI is InChI=1S/C17H16O2S/c1-10-13-9-19-15(7-12(13)6-14(10)18)17-8-11-4-2-3-5-16(11)20-17/h2-5,8,12,15H,6-7,9H2,1H3. The zero-order valence-electron chi connectivity index (χ0n) is 11.4. The third kappa shape index (κ3) is 1.85. The van der Waals surface area contributed by atoms with Crippen LogP contribution in [0.1, 0.15) is 30.7 Å². The normalized spacial score (nSPS) is 26.4. The molecule has 1 fully saturated rings. The SMILES string of the molecule is CC1=C2COC(c3cc4ccccc4s3)CC2CC1=O. The molecule has 1 aromatic carbocycles. The molecule has 1 aliphatic carbocycles. The van der Waals surface area contributed by atoms with Crippen LogP contribution in [0, 0.1) is 5.92 Å². The molecule has 1 saturated heterocycles. The summed E-state index contributed by atoms with van der Waals surface area (Å²) in [4.78, 5) is 13.1. The molecule has 0 saturated carbocycles. The van der Waals surface area contributed by atoms with Gasteiger partial charge in [0.15, 0.2) is 5.78 Å². The lowest BCUT2D eigenvalue weighted by molar-refractivity contribution is -0.115. The van der Waals surface area contributed by atoms with E-state index in [1.165, 1.54) is 20.5 Å². The minimum atomic E-state index is 0.153. The second-order valence-electron chi connectivity index (χ2n) is 5.70. The molecule has 2 atom stereocenters. The molecule has 1 aliphatic heterocycles. The molecular weight excluding hydrogens is 268 g/mol. The first-order chi connectivity index (χ1) is 9.72. The molecule has 3 heteroatoms. The average Bonchev–Trinajstić information content (AvgIpc) is 3.01. The van der Waals surface area contributed by atoms with Gasteiger partial charge in [-0.25, -0.2) is 0 Å². The van der Waals surface area contributed by atoms with E-state index in [1.807, 2.05) is 18.3 Å². The van der Waals surface area contributed by atoms with Crippen molar-refractivity contribution in [3.8, 4) is 0 Å². The third-order valence-corrected chi connectivity index (χ3v) is 5.73. The molecule has 2 unspecified atom stereocenters. The van der Waals surface area contributed by atoms with Gasteiger partial charge in [-0.15, -0.1) is 11.3 Å². The largest absolute Gasteiger partial charge is 0.368 e. The number of ketones is 1. The number of thiophene rings is 1. The van der Waals surface area contributed by atoms with E-state index in [0.29, 0.717) is 24.7 Å². The van der Waals surface area contributed by atoms with E-state index in [9.17, 15) is 4.79 Å². The molecular formula is C17H16O2S. The summed E-state index contributed by atoms with van der Waals surface area (Å²) in [6.45, 7) is 2.57. The molecule has 2 heterocycles. The van der Waals surface area contributed by atoms with Gasteiger partial charge in [0.05, 0.1) is 12.7 Å². The predicted molar refractivity (Wildman–Crippen MR) is 80.9 cm³/mol. The summed E-state index contributed by atoms with van der Waals surface area (Å²) in [5, 5.41) is 1.29. The van der Waals surface area contributed by atoms with Gasteiger partial charge in [-0.2, -0.15) is 0 Å². The minimum Gasteiger partial charge on any atom is -0.368 e. The van der Waals surface area contributed by atoms with Crippen molar-refractivity contribution in [2.45, 2.75) is 25.9 Å². The fourth-order valence-corrected chi connectivity index (χ4v) is 4.44. The Balaban J connectivity index is 1.64. The van der Waals surface area contributed by atoms with Gasteiger partial charge in [0.1, 0.15) is 0 Å². The number of carbonyl (C=O) groups is 1. The van der Waals surface area contributed by atoms with Crippen LogP contribution in [0.15, 0.2) is 41.5 Å². The summed E-state index contributed by atoms with van der Waals surface area (Å²) in [6.07, 6.45) is 1.79. The van der Waals surface area contributed by atoms with Gasteiger partial charge < -0.3 is 4.74 Å². The Bertz CT molecular complexity index is 692. The number of hydrogen-bond donors (Lipinski definition) is 0. The summed E-state index contributed by atoms with van der Waals surface area (Å²) in [5.74, 6) is 0.719. The van der Waals surface area contributed by atoms with Crippen LogP contribution in [0.4, 0.5) is 0 Å². The molecule has 102 valence electrons. The highest BCUT2D eigenvalue weighted by Crippen LogP contribution is 2.44. The van der Waals surface area contributed by atoms with Gasteiger partial charge in [0.25, 0.3) is 0 Å². The number of ether oxygens (including phenoxy) is 1. The Labute approximate surface area is 122 Å². The summed E-state index contributed by atoms with van der Waals surface area (Å²) < 4.78 is 7.34. The van der Waals surface area contributed by atoms with Crippen molar-refractivity contribution < 1.29 is 9.53 Å². The van der Waals surface area contributed by atoms with Crippen molar-refractivity contribution in [2.75, 3.05) is 6.61 Å². The zero-order chi connectivity index (χ0) is 13.7. The summed E-state index contributed by atoms with van der Waals surface area (Å²) in [7, 11) is 0. The molecule has 2 aromatic rings. The third-order valence-electron chi connectivity index (χ3n) is 4.53. The van der Waals surface area contributed by atoms with Crippen LogP contribution >= 0.6 is 11.3 Å². The van der Waals surface area contributed by atoms with Gasteiger partial charge in [-0.1, -0.05) is 18.2 Å². The predicted octanol–water partition coefficient (Wildman–Crippen LogP) is 4.27. The highest BCUT2D eigenvalue weighted by atomic mass is 32.1. The van der Waals surface area contributed by atoms with Gasteiger partial charge in [-0.3, -0.25) is 4.79 Å². The van der Waals surface area contributed by atoms with Crippen molar-refractivity contribution in [1.29, 1.82) is 0 Å². The van der Waals surface area contributed by atoms with E-state index < -0.39 is 0 Å². The number of allylic oxidation sites excluding steroid dienone is 1. The van der Waals surface area contributed by atoms with Crippen molar-refractivity contribution in [3.05, 3.63) is 46.4 Å². The van der Waals surface area contributed by atoms with E-state index in [1.54, 1.807) is 0 Å². The molecule has 2 aliphatic rings. The first-order valence-corrected chi connectivity index (χ1v) is 7.87.